The van der Waals surface area contributed by atoms with Gasteiger partial charge in [-0.15, -0.1) is 0 Å². The zero-order chi connectivity index (χ0) is 22.5. The number of benzene rings is 1. The second-order valence-corrected chi connectivity index (χ2v) is 9.24. The molecule has 0 bridgehead atoms. The van der Waals surface area contributed by atoms with Crippen molar-refractivity contribution < 1.29 is 34.8 Å². The largest absolute Gasteiger partial charge is 0.394 e. The predicted octanol–water partition coefficient (Wildman–Crippen LogP) is -0.892. The Morgan fingerprint density at radius 3 is 1.93 bits per heavy atom. The molecule has 1 aromatic rings. The maximum absolute atomic E-state index is 13.0. The Bertz CT molecular complexity index is 807. The average Bonchev–Trinajstić information content (AvgIpc) is 2.65. The second kappa shape index (κ2) is 11.9. The highest BCUT2D eigenvalue weighted by Gasteiger charge is 2.31. The number of nitrogens with one attached hydrogen (secondary N) is 1. The highest BCUT2D eigenvalue weighted by Crippen LogP contribution is 2.32. The standard InChI is InChI=1S/C16H20I3N3O7/c1-22(3-7(26)5-24)16(29)10-12(18)8(14(20)27)11(17)9(13(10)19)15(28)21-2-6(25)4-23/h6-7,23-26H,2-5H2,1H3,(H2,20,27)(H,21,28)/t6-,7-/m0/s1. The van der Waals surface area contributed by atoms with Crippen LogP contribution in [0.2, 0.25) is 0 Å². The van der Waals surface area contributed by atoms with Crippen LogP contribution in [0.25, 0.3) is 0 Å². The van der Waals surface area contributed by atoms with Gasteiger partial charge in [0.05, 0.1) is 42.1 Å². The summed E-state index contributed by atoms with van der Waals surface area (Å²) in [5.74, 6) is -2.06. The van der Waals surface area contributed by atoms with E-state index in [1.54, 1.807) is 45.2 Å². The van der Waals surface area contributed by atoms with Gasteiger partial charge in [-0.3, -0.25) is 14.4 Å². The molecular formula is C16H20I3N3O7. The van der Waals surface area contributed by atoms with Crippen molar-refractivity contribution >= 4 is 85.5 Å². The fraction of sp³-hybridized carbons (Fsp3) is 0.438. The van der Waals surface area contributed by atoms with E-state index >= 15 is 0 Å². The van der Waals surface area contributed by atoms with Crippen LogP contribution in [-0.4, -0.2) is 88.6 Å². The van der Waals surface area contributed by atoms with Gasteiger partial charge in [-0.2, -0.15) is 0 Å². The Morgan fingerprint density at radius 1 is 0.966 bits per heavy atom. The van der Waals surface area contributed by atoms with Gasteiger partial charge in [0, 0.05) is 30.8 Å². The second-order valence-electron chi connectivity index (χ2n) is 6.00. The van der Waals surface area contributed by atoms with Crippen LogP contribution < -0.4 is 11.1 Å². The third-order valence-electron chi connectivity index (χ3n) is 3.76. The summed E-state index contributed by atoms with van der Waals surface area (Å²) in [5.41, 5.74) is 5.56. The molecule has 1 rings (SSSR count). The third-order valence-corrected chi connectivity index (χ3v) is 6.99. The maximum Gasteiger partial charge on any atom is 0.255 e. The Balaban J connectivity index is 3.54. The van der Waals surface area contributed by atoms with Crippen LogP contribution in [0.4, 0.5) is 0 Å². The van der Waals surface area contributed by atoms with Crippen molar-refractivity contribution in [2.24, 2.45) is 5.73 Å². The van der Waals surface area contributed by atoms with E-state index in [4.69, 9.17) is 15.9 Å². The van der Waals surface area contributed by atoms with Crippen molar-refractivity contribution in [1.82, 2.24) is 10.2 Å². The van der Waals surface area contributed by atoms with E-state index in [9.17, 15) is 24.6 Å². The van der Waals surface area contributed by atoms with Crippen LogP contribution in [0.15, 0.2) is 0 Å². The molecule has 0 saturated carbocycles. The molecule has 0 fully saturated rings. The van der Waals surface area contributed by atoms with Gasteiger partial charge in [-0.1, -0.05) is 0 Å². The molecule has 2 atom stereocenters. The molecule has 1 aromatic carbocycles. The number of carbonyl (C=O) groups excluding carboxylic acids is 3. The number of aliphatic hydroxyl groups excluding tert-OH is 4. The maximum atomic E-state index is 13.0. The number of carbonyl (C=O) groups is 3. The molecule has 0 unspecified atom stereocenters. The Morgan fingerprint density at radius 2 is 1.45 bits per heavy atom. The Kier molecular flexibility index (Phi) is 10.9. The summed E-state index contributed by atoms with van der Waals surface area (Å²) < 4.78 is 0.758. The molecule has 29 heavy (non-hydrogen) atoms. The molecule has 0 heterocycles. The van der Waals surface area contributed by atoms with Gasteiger partial charge >= 0.3 is 0 Å². The first kappa shape index (κ1) is 26.7. The lowest BCUT2D eigenvalue weighted by Crippen LogP contribution is -2.38. The molecule has 3 amide bonds. The van der Waals surface area contributed by atoms with E-state index < -0.39 is 43.1 Å². The number of nitrogens with zero attached hydrogens (tertiary/aromatic N) is 1. The summed E-state index contributed by atoms with van der Waals surface area (Å²) in [7, 11) is 1.41. The fourth-order valence-electron chi connectivity index (χ4n) is 2.28. The average molecular weight is 747 g/mol. The third kappa shape index (κ3) is 6.57. The number of likely N-dealkylation sites (N-methyl/N-ethyl adjacent to an activating group) is 1. The zero-order valence-corrected chi connectivity index (χ0v) is 21.6. The minimum Gasteiger partial charge on any atom is -0.394 e. The molecular weight excluding hydrogens is 727 g/mol. The number of amides is 3. The van der Waals surface area contributed by atoms with E-state index in [0.29, 0.717) is 0 Å². The minimum absolute atomic E-state index is 0.000991. The van der Waals surface area contributed by atoms with Crippen LogP contribution in [0.3, 0.4) is 0 Å². The highest BCUT2D eigenvalue weighted by molar-refractivity contribution is 14.1. The van der Waals surface area contributed by atoms with Crippen LogP contribution >= 0.6 is 67.8 Å². The molecule has 0 spiro atoms. The number of hydrogen-bond donors (Lipinski definition) is 6. The normalized spacial score (nSPS) is 13.0. The van der Waals surface area contributed by atoms with Crippen LogP contribution in [0.5, 0.6) is 0 Å². The molecule has 0 aliphatic carbocycles. The molecule has 7 N–H and O–H groups in total. The lowest BCUT2D eigenvalue weighted by Gasteiger charge is -2.23. The van der Waals surface area contributed by atoms with Gasteiger partial charge in [-0.25, -0.2) is 0 Å². The van der Waals surface area contributed by atoms with Gasteiger partial charge in [0.1, 0.15) is 0 Å². The first-order valence-electron chi connectivity index (χ1n) is 8.09. The number of primary amides is 1. The molecule has 0 saturated heterocycles. The van der Waals surface area contributed by atoms with E-state index in [1.807, 2.05) is 22.6 Å². The molecule has 0 aliphatic heterocycles. The van der Waals surface area contributed by atoms with Gasteiger partial charge in [-0.05, 0) is 67.8 Å². The van der Waals surface area contributed by atoms with Gasteiger partial charge in [0.25, 0.3) is 17.7 Å². The molecule has 13 heteroatoms. The summed E-state index contributed by atoms with van der Waals surface area (Å²) in [5, 5.41) is 39.4. The summed E-state index contributed by atoms with van der Waals surface area (Å²) in [4.78, 5) is 38.9. The fourth-order valence-corrected chi connectivity index (χ4v) is 6.93. The SMILES string of the molecule is CN(C[C@H](O)CO)C(=O)c1c(I)c(C(N)=O)c(I)c(C(=O)NC[C@H](O)CO)c1I. The quantitative estimate of drug-likeness (QED) is 0.178. The van der Waals surface area contributed by atoms with E-state index in [-0.39, 0.29) is 40.5 Å². The Labute approximate surface area is 207 Å². The van der Waals surface area contributed by atoms with Crippen LogP contribution in [0.1, 0.15) is 31.1 Å². The molecule has 10 nitrogen and oxygen atoms in total. The zero-order valence-electron chi connectivity index (χ0n) is 15.2. The first-order chi connectivity index (χ1) is 13.5. The lowest BCUT2D eigenvalue weighted by atomic mass is 10.0. The van der Waals surface area contributed by atoms with Gasteiger partial charge in [0.15, 0.2) is 0 Å². The topological polar surface area (TPSA) is 173 Å². The van der Waals surface area contributed by atoms with Crippen LogP contribution in [-0.2, 0) is 0 Å². The number of nitrogens with two attached hydrogens (primary N) is 1. The van der Waals surface area contributed by atoms with E-state index in [0.717, 1.165) is 4.90 Å². The molecule has 0 aromatic heterocycles. The molecule has 0 radical (unpaired) electrons. The number of aliphatic hydroxyl groups is 4. The van der Waals surface area contributed by atoms with E-state index in [1.165, 1.54) is 7.05 Å². The lowest BCUT2D eigenvalue weighted by molar-refractivity contribution is 0.0518. The number of hydrogen-bond acceptors (Lipinski definition) is 7. The van der Waals surface area contributed by atoms with Crippen molar-refractivity contribution in [2.75, 3.05) is 33.4 Å². The van der Waals surface area contributed by atoms with Crippen LogP contribution in [0, 0.1) is 10.7 Å². The van der Waals surface area contributed by atoms with Crippen molar-refractivity contribution in [2.45, 2.75) is 12.2 Å². The van der Waals surface area contributed by atoms with Crippen molar-refractivity contribution in [3.63, 3.8) is 0 Å². The van der Waals surface area contributed by atoms with Crippen molar-refractivity contribution in [3.8, 4) is 0 Å². The number of halogens is 3. The number of rotatable bonds is 9. The summed E-state index contributed by atoms with van der Waals surface area (Å²) in [6.07, 6.45) is -2.32. The van der Waals surface area contributed by atoms with E-state index in [2.05, 4.69) is 5.32 Å². The molecule has 0 aliphatic rings. The Hall–Kier alpha value is -0.340. The van der Waals surface area contributed by atoms with Crippen molar-refractivity contribution in [3.05, 3.63) is 27.4 Å². The van der Waals surface area contributed by atoms with Gasteiger partial charge in [0.2, 0.25) is 0 Å². The monoisotopic (exact) mass is 747 g/mol. The highest BCUT2D eigenvalue weighted by atomic mass is 127. The summed E-state index contributed by atoms with van der Waals surface area (Å²) in [6.45, 7) is -1.48. The van der Waals surface area contributed by atoms with Gasteiger partial charge < -0.3 is 36.4 Å². The molecule has 162 valence electrons. The minimum atomic E-state index is -1.17. The predicted molar refractivity (Wildman–Crippen MR) is 129 cm³/mol. The van der Waals surface area contributed by atoms with Crippen molar-refractivity contribution in [1.29, 1.82) is 0 Å². The summed E-state index contributed by atoms with van der Waals surface area (Å²) >= 11 is 5.41. The first-order valence-corrected chi connectivity index (χ1v) is 11.3. The smallest absolute Gasteiger partial charge is 0.255 e. The summed E-state index contributed by atoms with van der Waals surface area (Å²) in [6, 6.07) is 0.